The lowest BCUT2D eigenvalue weighted by atomic mass is 9.68. The van der Waals surface area contributed by atoms with E-state index in [1.807, 2.05) is 0 Å². The van der Waals surface area contributed by atoms with Crippen molar-refractivity contribution in [3.63, 3.8) is 0 Å². The van der Waals surface area contributed by atoms with E-state index >= 15 is 0 Å². The highest BCUT2D eigenvalue weighted by molar-refractivity contribution is 9.12. The minimum atomic E-state index is 0.702. The molecular formula is C18H32Br2. The Bertz CT molecular complexity index is 250. The molecule has 0 aromatic rings. The molecule has 0 saturated heterocycles. The Kier molecular flexibility index (Phi) is 7.95. The van der Waals surface area contributed by atoms with Gasteiger partial charge in [-0.05, 0) is 62.2 Å². The van der Waals surface area contributed by atoms with Gasteiger partial charge in [-0.2, -0.15) is 0 Å². The van der Waals surface area contributed by atoms with Gasteiger partial charge in [-0.25, -0.2) is 0 Å². The lowest BCUT2D eigenvalue weighted by molar-refractivity contribution is 0.144. The summed E-state index contributed by atoms with van der Waals surface area (Å²) in [5.74, 6) is 4.13. The van der Waals surface area contributed by atoms with Gasteiger partial charge >= 0.3 is 0 Å². The Morgan fingerprint density at radius 3 is 1.95 bits per heavy atom. The maximum Gasteiger partial charge on any atom is 0.0271 e. The molecule has 1 atom stereocenters. The quantitative estimate of drug-likeness (QED) is 0.418. The zero-order valence-corrected chi connectivity index (χ0v) is 16.3. The van der Waals surface area contributed by atoms with Gasteiger partial charge in [0, 0.05) is 10.2 Å². The van der Waals surface area contributed by atoms with E-state index in [2.05, 4.69) is 38.8 Å². The normalized spacial score (nSPS) is 36.8. The van der Waals surface area contributed by atoms with E-state index in [0.717, 1.165) is 29.0 Å². The first-order chi connectivity index (χ1) is 9.74. The summed E-state index contributed by atoms with van der Waals surface area (Å²) in [6.45, 7) is 2.33. The lowest BCUT2D eigenvalue weighted by Crippen LogP contribution is -2.28. The van der Waals surface area contributed by atoms with E-state index in [-0.39, 0.29) is 0 Å². The summed E-state index contributed by atoms with van der Waals surface area (Å²) in [6, 6.07) is 0. The Hall–Kier alpha value is 0.960. The minimum absolute atomic E-state index is 0.702. The summed E-state index contributed by atoms with van der Waals surface area (Å²) in [7, 11) is 0. The highest BCUT2D eigenvalue weighted by atomic mass is 79.9. The van der Waals surface area contributed by atoms with Crippen LogP contribution in [-0.4, -0.2) is 10.2 Å². The molecule has 0 spiro atoms. The van der Waals surface area contributed by atoms with Gasteiger partial charge in [-0.1, -0.05) is 70.9 Å². The van der Waals surface area contributed by atoms with Crippen LogP contribution >= 0.6 is 31.9 Å². The molecule has 0 N–H and O–H groups in total. The second kappa shape index (κ2) is 9.18. The molecule has 2 aliphatic carbocycles. The molecule has 2 rings (SSSR count). The van der Waals surface area contributed by atoms with Crippen LogP contribution in [-0.2, 0) is 0 Å². The molecule has 0 amide bonds. The second-order valence-electron chi connectivity index (χ2n) is 7.27. The average Bonchev–Trinajstić information content (AvgIpc) is 2.53. The molecule has 0 bridgehead atoms. The summed E-state index contributed by atoms with van der Waals surface area (Å²) in [5.41, 5.74) is 0. The Labute approximate surface area is 143 Å². The standard InChI is InChI=1S/C18H32Br2/c1-2-3-4-14-5-7-15(8-6-14)16-9-11-17(12-10-16)18(20)13-19/h14-18H,2-13H2,1H3. The summed E-state index contributed by atoms with van der Waals surface area (Å²) >= 11 is 7.46. The monoisotopic (exact) mass is 406 g/mol. The van der Waals surface area contributed by atoms with Gasteiger partial charge < -0.3 is 0 Å². The third-order valence-corrected chi connectivity index (χ3v) is 8.64. The Morgan fingerprint density at radius 1 is 0.900 bits per heavy atom. The van der Waals surface area contributed by atoms with Crippen LogP contribution in [0.25, 0.3) is 0 Å². The molecule has 0 aromatic carbocycles. The van der Waals surface area contributed by atoms with Crippen molar-refractivity contribution in [2.75, 3.05) is 5.33 Å². The van der Waals surface area contributed by atoms with E-state index in [9.17, 15) is 0 Å². The molecule has 2 aliphatic rings. The van der Waals surface area contributed by atoms with Crippen molar-refractivity contribution >= 4 is 31.9 Å². The lowest BCUT2D eigenvalue weighted by Gasteiger charge is -2.38. The fourth-order valence-corrected chi connectivity index (χ4v) is 5.60. The first kappa shape index (κ1) is 17.3. The van der Waals surface area contributed by atoms with Gasteiger partial charge in [0.2, 0.25) is 0 Å². The van der Waals surface area contributed by atoms with Crippen molar-refractivity contribution in [1.29, 1.82) is 0 Å². The van der Waals surface area contributed by atoms with Crippen LogP contribution in [0.2, 0.25) is 0 Å². The van der Waals surface area contributed by atoms with E-state index < -0.39 is 0 Å². The zero-order valence-electron chi connectivity index (χ0n) is 13.1. The molecule has 0 heterocycles. The van der Waals surface area contributed by atoms with Crippen LogP contribution in [0.5, 0.6) is 0 Å². The predicted molar refractivity (Wildman–Crippen MR) is 96.9 cm³/mol. The molecule has 0 radical (unpaired) electrons. The van der Waals surface area contributed by atoms with Gasteiger partial charge in [0.25, 0.3) is 0 Å². The number of hydrogen-bond donors (Lipinski definition) is 0. The minimum Gasteiger partial charge on any atom is -0.0916 e. The molecule has 20 heavy (non-hydrogen) atoms. The molecule has 0 aromatic heterocycles. The first-order valence-electron chi connectivity index (χ1n) is 8.94. The molecule has 2 heteroatoms. The van der Waals surface area contributed by atoms with Gasteiger partial charge in [-0.15, -0.1) is 0 Å². The average molecular weight is 408 g/mol. The smallest absolute Gasteiger partial charge is 0.0271 e. The second-order valence-corrected chi connectivity index (χ2v) is 9.09. The molecule has 1 unspecified atom stereocenters. The van der Waals surface area contributed by atoms with Crippen molar-refractivity contribution in [1.82, 2.24) is 0 Å². The van der Waals surface area contributed by atoms with Gasteiger partial charge in [0.15, 0.2) is 0 Å². The van der Waals surface area contributed by atoms with E-state index in [0.29, 0.717) is 4.83 Å². The van der Waals surface area contributed by atoms with Crippen LogP contribution in [0, 0.1) is 23.7 Å². The predicted octanol–water partition coefficient (Wildman–Crippen LogP) is 6.95. The molecule has 118 valence electrons. The van der Waals surface area contributed by atoms with Crippen LogP contribution < -0.4 is 0 Å². The van der Waals surface area contributed by atoms with E-state index in [4.69, 9.17) is 0 Å². The molecular weight excluding hydrogens is 376 g/mol. The van der Waals surface area contributed by atoms with Crippen molar-refractivity contribution < 1.29 is 0 Å². The van der Waals surface area contributed by atoms with Crippen molar-refractivity contribution in [2.45, 2.75) is 82.4 Å². The summed E-state index contributed by atoms with van der Waals surface area (Å²) in [6.07, 6.45) is 16.4. The summed E-state index contributed by atoms with van der Waals surface area (Å²) in [5, 5.41) is 1.12. The van der Waals surface area contributed by atoms with Gasteiger partial charge in [-0.3, -0.25) is 0 Å². The van der Waals surface area contributed by atoms with Crippen LogP contribution in [0.15, 0.2) is 0 Å². The number of alkyl halides is 2. The number of hydrogen-bond acceptors (Lipinski definition) is 0. The summed E-state index contributed by atoms with van der Waals surface area (Å²) in [4.78, 5) is 0.702. The Morgan fingerprint density at radius 2 is 1.45 bits per heavy atom. The maximum absolute atomic E-state index is 3.84. The number of unbranched alkanes of at least 4 members (excludes halogenated alkanes) is 1. The van der Waals surface area contributed by atoms with E-state index in [1.54, 1.807) is 12.8 Å². The summed E-state index contributed by atoms with van der Waals surface area (Å²) < 4.78 is 0. The molecule has 2 fully saturated rings. The third kappa shape index (κ3) is 5.00. The van der Waals surface area contributed by atoms with Crippen molar-refractivity contribution in [2.24, 2.45) is 23.7 Å². The zero-order chi connectivity index (χ0) is 14.4. The third-order valence-electron chi connectivity index (χ3n) is 6.00. The van der Waals surface area contributed by atoms with Crippen LogP contribution in [0.1, 0.15) is 77.6 Å². The topological polar surface area (TPSA) is 0 Å². The van der Waals surface area contributed by atoms with Crippen molar-refractivity contribution in [3.8, 4) is 0 Å². The number of rotatable bonds is 6. The highest BCUT2D eigenvalue weighted by Gasteiger charge is 2.32. The first-order valence-corrected chi connectivity index (χ1v) is 11.0. The van der Waals surface area contributed by atoms with Gasteiger partial charge in [0.05, 0.1) is 0 Å². The molecule has 0 nitrogen and oxygen atoms in total. The fraction of sp³-hybridized carbons (Fsp3) is 1.00. The SMILES string of the molecule is CCCCC1CCC(C2CCC(C(Br)CBr)CC2)CC1. The highest BCUT2D eigenvalue weighted by Crippen LogP contribution is 2.43. The van der Waals surface area contributed by atoms with Crippen molar-refractivity contribution in [3.05, 3.63) is 0 Å². The largest absolute Gasteiger partial charge is 0.0916 e. The Balaban J connectivity index is 1.68. The molecule has 2 saturated carbocycles. The molecule has 0 aliphatic heterocycles. The number of halogens is 2. The maximum atomic E-state index is 3.84. The van der Waals surface area contributed by atoms with Crippen LogP contribution in [0.4, 0.5) is 0 Å². The van der Waals surface area contributed by atoms with Crippen LogP contribution in [0.3, 0.4) is 0 Å². The van der Waals surface area contributed by atoms with Gasteiger partial charge in [0.1, 0.15) is 0 Å². The van der Waals surface area contributed by atoms with E-state index in [1.165, 1.54) is 57.8 Å². The fourth-order valence-electron chi connectivity index (χ4n) is 4.55.